The van der Waals surface area contributed by atoms with Crippen LogP contribution in [-0.4, -0.2) is 44.1 Å². The van der Waals surface area contributed by atoms with E-state index in [9.17, 15) is 13.5 Å². The Bertz CT molecular complexity index is 966. The summed E-state index contributed by atoms with van der Waals surface area (Å²) in [5.41, 5.74) is 1.79. The minimum Gasteiger partial charge on any atom is -0.495 e. The zero-order chi connectivity index (χ0) is 19.2. The number of sulfonamides is 1. The lowest BCUT2D eigenvalue weighted by Crippen LogP contribution is -2.42. The first kappa shape index (κ1) is 18.7. The van der Waals surface area contributed by atoms with E-state index < -0.39 is 10.0 Å². The number of hydrogen-bond donors (Lipinski definition) is 2. The highest BCUT2D eigenvalue weighted by Crippen LogP contribution is 2.49. The van der Waals surface area contributed by atoms with Crippen LogP contribution in [-0.2, 0) is 10.0 Å². The Balaban J connectivity index is 1.83. The van der Waals surface area contributed by atoms with Gasteiger partial charge in [0.05, 0.1) is 25.8 Å². The van der Waals surface area contributed by atoms with E-state index >= 15 is 0 Å². The van der Waals surface area contributed by atoms with Gasteiger partial charge in [0, 0.05) is 22.6 Å². The van der Waals surface area contributed by atoms with Crippen molar-refractivity contribution in [1.82, 2.24) is 4.31 Å². The van der Waals surface area contributed by atoms with Crippen molar-refractivity contribution in [2.75, 3.05) is 25.6 Å². The Kier molecular flexibility index (Phi) is 4.92. The monoisotopic (exact) mass is 452 g/mol. The minimum atomic E-state index is -3.76. The van der Waals surface area contributed by atoms with Gasteiger partial charge in [-0.15, -0.1) is 0 Å². The predicted octanol–water partition coefficient (Wildman–Crippen LogP) is 3.00. The summed E-state index contributed by atoms with van der Waals surface area (Å²) in [6, 6.07) is 12.0. The van der Waals surface area contributed by atoms with Crippen LogP contribution in [0.5, 0.6) is 5.75 Å². The van der Waals surface area contributed by atoms with Crippen LogP contribution in [0.4, 0.5) is 5.69 Å². The van der Waals surface area contributed by atoms with Crippen LogP contribution in [0.1, 0.15) is 18.0 Å². The summed E-state index contributed by atoms with van der Waals surface area (Å²) in [7, 11) is -2.28. The van der Waals surface area contributed by atoms with Crippen LogP contribution in [0.3, 0.4) is 0 Å². The molecule has 0 aliphatic carbocycles. The number of nitrogens with zero attached hydrogens (tertiary/aromatic N) is 1. The number of halogens is 1. The Hall–Kier alpha value is -1.61. The van der Waals surface area contributed by atoms with Gasteiger partial charge in [-0.05, 0) is 42.3 Å². The second-order valence-corrected chi connectivity index (χ2v) is 9.60. The molecule has 3 atom stereocenters. The summed E-state index contributed by atoms with van der Waals surface area (Å²) >= 11 is 3.49. The molecule has 2 aliphatic heterocycles. The van der Waals surface area contributed by atoms with Crippen LogP contribution in [0, 0.1) is 5.92 Å². The maximum Gasteiger partial charge on any atom is 0.247 e. The average Bonchev–Trinajstić information content (AvgIpc) is 3.14. The van der Waals surface area contributed by atoms with E-state index in [1.54, 1.807) is 28.6 Å². The third kappa shape index (κ3) is 3.04. The first-order chi connectivity index (χ1) is 13.0. The molecule has 144 valence electrons. The van der Waals surface area contributed by atoms with Gasteiger partial charge in [0.15, 0.2) is 0 Å². The number of benzene rings is 2. The molecule has 0 aromatic heterocycles. The smallest absolute Gasteiger partial charge is 0.247 e. The number of ether oxygens (including phenoxy) is 1. The summed E-state index contributed by atoms with van der Waals surface area (Å²) in [5.74, 6) is 0.337. The molecule has 0 saturated carbocycles. The molecular weight excluding hydrogens is 432 g/mol. The van der Waals surface area contributed by atoms with E-state index in [1.165, 1.54) is 7.11 Å². The van der Waals surface area contributed by atoms with Crippen LogP contribution in [0.2, 0.25) is 0 Å². The van der Waals surface area contributed by atoms with E-state index in [2.05, 4.69) is 21.2 Å². The number of rotatable bonds is 4. The topological polar surface area (TPSA) is 78.9 Å². The summed E-state index contributed by atoms with van der Waals surface area (Å²) in [5, 5.41) is 13.2. The summed E-state index contributed by atoms with van der Waals surface area (Å²) in [6.45, 7) is 0.360. The molecule has 2 aliphatic rings. The zero-order valence-electron chi connectivity index (χ0n) is 14.8. The number of anilines is 1. The normalized spacial score (nSPS) is 24.8. The largest absolute Gasteiger partial charge is 0.495 e. The van der Waals surface area contributed by atoms with Gasteiger partial charge in [-0.1, -0.05) is 28.1 Å². The summed E-state index contributed by atoms with van der Waals surface area (Å²) in [4.78, 5) is 0.170. The Morgan fingerprint density at radius 2 is 2.07 bits per heavy atom. The van der Waals surface area contributed by atoms with E-state index in [1.807, 2.05) is 18.2 Å². The lowest BCUT2D eigenvalue weighted by Gasteiger charge is -2.38. The van der Waals surface area contributed by atoms with Gasteiger partial charge in [-0.25, -0.2) is 8.42 Å². The Labute approximate surface area is 167 Å². The molecule has 8 heteroatoms. The van der Waals surface area contributed by atoms with Crippen molar-refractivity contribution in [2.24, 2.45) is 5.92 Å². The average molecular weight is 453 g/mol. The molecule has 4 rings (SSSR count). The second kappa shape index (κ2) is 7.09. The maximum absolute atomic E-state index is 13.5. The molecular formula is C19H21BrN2O4S. The first-order valence-corrected chi connectivity index (χ1v) is 11.0. The van der Waals surface area contributed by atoms with E-state index in [4.69, 9.17) is 4.74 Å². The number of methoxy groups -OCH3 is 1. The van der Waals surface area contributed by atoms with Crippen molar-refractivity contribution in [1.29, 1.82) is 0 Å². The fourth-order valence-electron chi connectivity index (χ4n) is 4.22. The van der Waals surface area contributed by atoms with Gasteiger partial charge in [0.2, 0.25) is 10.0 Å². The fourth-order valence-corrected chi connectivity index (χ4v) is 6.42. The fraction of sp³-hybridized carbons (Fsp3) is 0.368. The molecule has 0 bridgehead atoms. The molecule has 0 amide bonds. The number of hydrogen-bond acceptors (Lipinski definition) is 5. The SMILES string of the molecule is COc1ccccc1S(=O)(=O)N1CC[C@@H]2[C@H](CO)Nc3ccc(Br)cc3[C@@H]21. The summed E-state index contributed by atoms with van der Waals surface area (Å²) < 4.78 is 34.8. The number of nitrogens with one attached hydrogen (secondary N) is 1. The number of aliphatic hydroxyl groups excluding tert-OH is 1. The molecule has 2 aromatic rings. The highest BCUT2D eigenvalue weighted by Gasteiger charge is 2.49. The van der Waals surface area contributed by atoms with Gasteiger partial charge in [-0.2, -0.15) is 4.31 Å². The first-order valence-electron chi connectivity index (χ1n) is 8.79. The number of aliphatic hydroxyl groups is 1. The Morgan fingerprint density at radius 1 is 1.30 bits per heavy atom. The van der Waals surface area contributed by atoms with Gasteiger partial charge >= 0.3 is 0 Å². The van der Waals surface area contributed by atoms with Crippen molar-refractivity contribution < 1.29 is 18.3 Å². The Morgan fingerprint density at radius 3 is 2.81 bits per heavy atom. The molecule has 2 N–H and O–H groups in total. The predicted molar refractivity (Wildman–Crippen MR) is 106 cm³/mol. The maximum atomic E-state index is 13.5. The van der Waals surface area contributed by atoms with Crippen LogP contribution < -0.4 is 10.1 Å². The molecule has 1 fully saturated rings. The lowest BCUT2D eigenvalue weighted by atomic mass is 9.84. The third-order valence-corrected chi connectivity index (χ3v) is 7.85. The second-order valence-electron chi connectivity index (χ2n) is 6.83. The highest BCUT2D eigenvalue weighted by atomic mass is 79.9. The quantitative estimate of drug-likeness (QED) is 0.745. The van der Waals surface area contributed by atoms with Crippen molar-refractivity contribution >= 4 is 31.6 Å². The van der Waals surface area contributed by atoms with Gasteiger partial charge in [-0.3, -0.25) is 0 Å². The molecule has 0 radical (unpaired) electrons. The molecule has 2 aromatic carbocycles. The van der Waals surface area contributed by atoms with Gasteiger partial charge in [0.25, 0.3) is 0 Å². The molecule has 0 spiro atoms. The molecule has 2 heterocycles. The minimum absolute atomic E-state index is 0.00119. The van der Waals surface area contributed by atoms with Crippen molar-refractivity contribution in [3.05, 3.63) is 52.5 Å². The highest BCUT2D eigenvalue weighted by molar-refractivity contribution is 9.10. The van der Waals surface area contributed by atoms with Gasteiger partial charge in [0.1, 0.15) is 10.6 Å². The molecule has 6 nitrogen and oxygen atoms in total. The number of para-hydroxylation sites is 1. The van der Waals surface area contributed by atoms with E-state index in [0.29, 0.717) is 18.7 Å². The standard InChI is InChI=1S/C19H21BrN2O4S/c1-26-17-4-2-3-5-18(17)27(24,25)22-9-8-13-16(11-23)21-15-7-6-12(20)10-14(15)19(13)22/h2-7,10,13,16,19,21,23H,8-9,11H2,1H3/t13-,16+,19-/m1/s1. The van der Waals surface area contributed by atoms with Crippen molar-refractivity contribution in [3.63, 3.8) is 0 Å². The van der Waals surface area contributed by atoms with Crippen molar-refractivity contribution in [2.45, 2.75) is 23.4 Å². The molecule has 27 heavy (non-hydrogen) atoms. The molecule has 0 unspecified atom stereocenters. The van der Waals surface area contributed by atoms with E-state index in [-0.39, 0.29) is 29.5 Å². The van der Waals surface area contributed by atoms with E-state index in [0.717, 1.165) is 15.7 Å². The number of fused-ring (bicyclic) bond motifs is 3. The third-order valence-electron chi connectivity index (χ3n) is 5.44. The van der Waals surface area contributed by atoms with Crippen molar-refractivity contribution in [3.8, 4) is 5.75 Å². The van der Waals surface area contributed by atoms with Gasteiger partial charge < -0.3 is 15.2 Å². The molecule has 1 saturated heterocycles. The van der Waals surface area contributed by atoms with Crippen LogP contribution >= 0.6 is 15.9 Å². The lowest BCUT2D eigenvalue weighted by molar-refractivity contribution is 0.210. The zero-order valence-corrected chi connectivity index (χ0v) is 17.2. The van der Waals surface area contributed by atoms with Crippen LogP contribution in [0.15, 0.2) is 51.8 Å². The van der Waals surface area contributed by atoms with Crippen LogP contribution in [0.25, 0.3) is 0 Å². The summed E-state index contributed by atoms with van der Waals surface area (Å²) in [6.07, 6.45) is 0.684.